The van der Waals surface area contributed by atoms with Crippen LogP contribution in [0.1, 0.15) is 37.6 Å². The van der Waals surface area contributed by atoms with Gasteiger partial charge in [-0.05, 0) is 73.7 Å². The van der Waals surface area contributed by atoms with Gasteiger partial charge in [0.2, 0.25) is 15.9 Å². The lowest BCUT2D eigenvalue weighted by Gasteiger charge is -2.34. The van der Waals surface area contributed by atoms with Gasteiger partial charge in [-0.15, -0.1) is 5.10 Å². The van der Waals surface area contributed by atoms with E-state index in [1.807, 2.05) is 6.92 Å². The molecule has 2 unspecified atom stereocenters. The minimum Gasteiger partial charge on any atom is -0.494 e. The lowest BCUT2D eigenvalue weighted by molar-refractivity contribution is 0.102. The molecular weight excluding hydrogens is 456 g/mol. The Labute approximate surface area is 199 Å². The molecule has 1 aromatic heterocycles. The lowest BCUT2D eigenvalue weighted by Crippen LogP contribution is -2.42. The van der Waals surface area contributed by atoms with Crippen molar-refractivity contribution in [2.45, 2.75) is 32.1 Å². The van der Waals surface area contributed by atoms with E-state index in [0.717, 1.165) is 12.2 Å². The van der Waals surface area contributed by atoms with Crippen molar-refractivity contribution in [3.8, 4) is 17.2 Å². The third-order valence-corrected chi connectivity index (χ3v) is 7.49. The van der Waals surface area contributed by atoms with E-state index in [-0.39, 0.29) is 22.4 Å². The average Bonchev–Trinajstić information content (AvgIpc) is 3.27. The normalized spacial score (nSPS) is 19.0. The summed E-state index contributed by atoms with van der Waals surface area (Å²) < 4.78 is 38.5. The Morgan fingerprint density at radius 2 is 1.71 bits per heavy atom. The molecule has 2 aromatic carbocycles. The predicted octanol–water partition coefficient (Wildman–Crippen LogP) is 4.05. The fraction of sp³-hybridized carbons (Fsp3) is 0.375. The molecule has 1 aliphatic rings. The highest BCUT2D eigenvalue weighted by molar-refractivity contribution is 7.89. The fourth-order valence-electron chi connectivity index (χ4n) is 4.15. The molecule has 4 rings (SSSR count). The first-order chi connectivity index (χ1) is 16.3. The molecule has 0 spiro atoms. The molecule has 2 atom stereocenters. The molecular formula is C24H28N4O5S. The highest BCUT2D eigenvalue weighted by Gasteiger charge is 2.31. The van der Waals surface area contributed by atoms with Crippen LogP contribution in [0.5, 0.6) is 5.75 Å². The van der Waals surface area contributed by atoms with Crippen LogP contribution in [0, 0.1) is 11.8 Å². The Morgan fingerprint density at radius 3 is 2.32 bits per heavy atom. The van der Waals surface area contributed by atoms with E-state index in [9.17, 15) is 13.2 Å². The number of carbonyl (C=O) groups excluding carboxylic acids is 1. The van der Waals surface area contributed by atoms with Crippen molar-refractivity contribution in [1.82, 2.24) is 14.5 Å². The summed E-state index contributed by atoms with van der Waals surface area (Å²) in [7, 11) is -3.61. The third-order valence-electron chi connectivity index (χ3n) is 5.65. The molecule has 34 heavy (non-hydrogen) atoms. The van der Waals surface area contributed by atoms with Crippen molar-refractivity contribution in [1.29, 1.82) is 0 Å². The number of nitrogens with zero attached hydrogens (tertiary/aromatic N) is 3. The molecule has 1 fully saturated rings. The number of benzene rings is 2. The number of hydrogen-bond acceptors (Lipinski definition) is 7. The molecule has 0 bridgehead atoms. The van der Waals surface area contributed by atoms with Gasteiger partial charge >= 0.3 is 6.01 Å². The van der Waals surface area contributed by atoms with Crippen LogP contribution in [-0.2, 0) is 10.0 Å². The van der Waals surface area contributed by atoms with Gasteiger partial charge in [-0.2, -0.15) is 4.31 Å². The summed E-state index contributed by atoms with van der Waals surface area (Å²) in [5, 5.41) is 10.4. The first kappa shape index (κ1) is 23.9. The van der Waals surface area contributed by atoms with Crippen molar-refractivity contribution < 1.29 is 22.4 Å². The summed E-state index contributed by atoms with van der Waals surface area (Å²) in [5.41, 5.74) is 0.965. The Balaban J connectivity index is 1.42. The maximum Gasteiger partial charge on any atom is 0.322 e. The maximum absolute atomic E-state index is 13.0. The summed E-state index contributed by atoms with van der Waals surface area (Å²) in [6.45, 7) is 7.60. The van der Waals surface area contributed by atoms with Gasteiger partial charge in [0.15, 0.2) is 0 Å². The van der Waals surface area contributed by atoms with Crippen LogP contribution in [0.15, 0.2) is 57.8 Å². The van der Waals surface area contributed by atoms with E-state index >= 15 is 0 Å². The molecule has 1 saturated heterocycles. The number of nitrogens with one attached hydrogen (secondary N) is 1. The summed E-state index contributed by atoms with van der Waals surface area (Å²) in [6.07, 6.45) is 1.01. The number of anilines is 1. The number of carbonyl (C=O) groups is 1. The highest BCUT2D eigenvalue weighted by atomic mass is 32.2. The molecule has 2 heterocycles. The molecule has 1 amide bonds. The number of sulfonamides is 1. The van der Waals surface area contributed by atoms with Gasteiger partial charge < -0.3 is 9.15 Å². The number of hydrogen-bond donors (Lipinski definition) is 1. The topological polar surface area (TPSA) is 115 Å². The highest BCUT2D eigenvalue weighted by Crippen LogP contribution is 2.27. The molecule has 180 valence electrons. The zero-order chi connectivity index (χ0) is 24.3. The zero-order valence-corrected chi connectivity index (χ0v) is 20.2. The summed E-state index contributed by atoms with van der Waals surface area (Å²) in [6, 6.07) is 13.0. The van der Waals surface area contributed by atoms with Crippen molar-refractivity contribution in [3.05, 3.63) is 54.1 Å². The second kappa shape index (κ2) is 9.94. The lowest BCUT2D eigenvalue weighted by atomic mass is 9.94. The Kier molecular flexibility index (Phi) is 6.99. The minimum atomic E-state index is -3.61. The molecule has 0 saturated carbocycles. The Hall–Kier alpha value is -3.24. The second-order valence-corrected chi connectivity index (χ2v) is 10.6. The minimum absolute atomic E-state index is 0.0538. The van der Waals surface area contributed by atoms with Gasteiger partial charge in [0.1, 0.15) is 5.75 Å². The zero-order valence-electron chi connectivity index (χ0n) is 19.4. The summed E-state index contributed by atoms with van der Waals surface area (Å²) >= 11 is 0. The van der Waals surface area contributed by atoms with Gasteiger partial charge in [0.05, 0.1) is 11.5 Å². The van der Waals surface area contributed by atoms with E-state index < -0.39 is 15.9 Å². The van der Waals surface area contributed by atoms with E-state index in [1.54, 1.807) is 24.3 Å². The van der Waals surface area contributed by atoms with Crippen molar-refractivity contribution in [3.63, 3.8) is 0 Å². The standard InChI is InChI=1S/C24H28N4O5S/c1-4-32-20-9-5-19(6-10-20)23-26-27-24(33-23)25-22(29)18-7-11-21(12-8-18)34(30,31)28-14-16(2)13-17(3)15-28/h5-12,16-17H,4,13-15H2,1-3H3,(H,25,27,29). The largest absolute Gasteiger partial charge is 0.494 e. The molecule has 3 aromatic rings. The van der Waals surface area contributed by atoms with Crippen molar-refractivity contribution in [2.75, 3.05) is 25.0 Å². The van der Waals surface area contributed by atoms with E-state index in [0.29, 0.717) is 37.1 Å². The van der Waals surface area contributed by atoms with Crippen molar-refractivity contribution >= 4 is 21.9 Å². The van der Waals surface area contributed by atoms with Crippen LogP contribution in [0.2, 0.25) is 0 Å². The number of piperidine rings is 1. The first-order valence-corrected chi connectivity index (χ1v) is 12.7. The van der Waals surface area contributed by atoms with Gasteiger partial charge in [-0.1, -0.05) is 18.9 Å². The summed E-state index contributed by atoms with van der Waals surface area (Å²) in [5.74, 6) is 1.13. The van der Waals surface area contributed by atoms with E-state index in [4.69, 9.17) is 9.15 Å². The molecule has 1 N–H and O–H groups in total. The third kappa shape index (κ3) is 5.28. The molecule has 10 heteroatoms. The Morgan fingerprint density at radius 1 is 1.06 bits per heavy atom. The second-order valence-electron chi connectivity index (χ2n) is 8.62. The van der Waals surface area contributed by atoms with Gasteiger partial charge in [-0.3, -0.25) is 10.1 Å². The predicted molar refractivity (Wildman–Crippen MR) is 127 cm³/mol. The molecule has 1 aliphatic heterocycles. The van der Waals surface area contributed by atoms with Crippen LogP contribution < -0.4 is 10.1 Å². The van der Waals surface area contributed by atoms with Crippen LogP contribution >= 0.6 is 0 Å². The van der Waals surface area contributed by atoms with Crippen LogP contribution in [-0.4, -0.2) is 48.5 Å². The smallest absolute Gasteiger partial charge is 0.322 e. The molecule has 0 radical (unpaired) electrons. The molecule has 0 aliphatic carbocycles. The van der Waals surface area contributed by atoms with E-state index in [1.165, 1.54) is 28.6 Å². The van der Waals surface area contributed by atoms with Crippen LogP contribution in [0.25, 0.3) is 11.5 Å². The Bertz CT molecular complexity index is 1230. The van der Waals surface area contributed by atoms with Crippen LogP contribution in [0.4, 0.5) is 6.01 Å². The van der Waals surface area contributed by atoms with Gasteiger partial charge in [-0.25, -0.2) is 8.42 Å². The number of aromatic nitrogens is 2. The number of amides is 1. The van der Waals surface area contributed by atoms with E-state index in [2.05, 4.69) is 29.4 Å². The fourth-order valence-corrected chi connectivity index (χ4v) is 5.83. The first-order valence-electron chi connectivity index (χ1n) is 11.2. The molecule has 9 nitrogen and oxygen atoms in total. The van der Waals surface area contributed by atoms with Crippen molar-refractivity contribution in [2.24, 2.45) is 11.8 Å². The number of ether oxygens (including phenoxy) is 1. The quantitative estimate of drug-likeness (QED) is 0.538. The van der Waals surface area contributed by atoms with Crippen LogP contribution in [0.3, 0.4) is 0 Å². The van der Waals surface area contributed by atoms with Gasteiger partial charge in [0, 0.05) is 24.2 Å². The maximum atomic E-state index is 13.0. The summed E-state index contributed by atoms with van der Waals surface area (Å²) in [4.78, 5) is 12.8. The monoisotopic (exact) mass is 484 g/mol. The average molecular weight is 485 g/mol. The van der Waals surface area contributed by atoms with Gasteiger partial charge in [0.25, 0.3) is 5.91 Å². The number of rotatable bonds is 7. The SMILES string of the molecule is CCOc1ccc(-c2nnc(NC(=O)c3ccc(S(=O)(=O)N4CC(C)CC(C)C4)cc3)o2)cc1.